The van der Waals surface area contributed by atoms with Crippen molar-refractivity contribution in [2.75, 3.05) is 0 Å². The van der Waals surface area contributed by atoms with Crippen LogP contribution in [0.15, 0.2) is 154 Å². The van der Waals surface area contributed by atoms with Crippen molar-refractivity contribution in [3.05, 3.63) is 145 Å². The van der Waals surface area contributed by atoms with Gasteiger partial charge in [-0.2, -0.15) is 0 Å². The second-order valence-electron chi connectivity index (χ2n) is 10.2. The Kier molecular flexibility index (Phi) is 3.54. The number of furan rings is 2. The van der Waals surface area contributed by atoms with Crippen molar-refractivity contribution in [2.45, 2.75) is 0 Å². The number of benzene rings is 7. The minimum Gasteiger partial charge on any atom is -0.452 e. The fraction of sp³-hybridized carbons (Fsp3) is 0. The smallest absolute Gasteiger partial charge is 0.178 e. The average Bonchev–Trinajstić information content (AvgIpc) is 3.73. The fourth-order valence-electron chi connectivity index (χ4n) is 6.15. The molecule has 0 amide bonds. The summed E-state index contributed by atoms with van der Waals surface area (Å²) in [6, 6.07) is 26.6. The maximum atomic E-state index is 9.38. The van der Waals surface area contributed by atoms with Gasteiger partial charge >= 0.3 is 0 Å². The number of rotatable bonds is 3. The molecular formula is C40H24O2. The van der Waals surface area contributed by atoms with E-state index in [-0.39, 0.29) is 51.3 Å². The van der Waals surface area contributed by atoms with E-state index in [2.05, 4.69) is 0 Å². The Morgan fingerprint density at radius 1 is 0.381 bits per heavy atom. The zero-order valence-corrected chi connectivity index (χ0v) is 22.1. The van der Waals surface area contributed by atoms with Crippen molar-refractivity contribution in [2.24, 2.45) is 0 Å². The first kappa shape index (κ1) is 16.6. The first-order chi connectivity index (χ1) is 24.2. The van der Waals surface area contributed by atoms with Gasteiger partial charge in [-0.3, -0.25) is 0 Å². The monoisotopic (exact) mass is 544 g/mol. The molecule has 0 saturated heterocycles. The molecule has 0 N–H and O–H groups in total. The summed E-state index contributed by atoms with van der Waals surface area (Å²) in [5.41, 5.74) is 3.73. The molecule has 0 spiro atoms. The molecule has 0 atom stereocenters. The average molecular weight is 545 g/mol. The first-order valence-electron chi connectivity index (χ1n) is 17.6. The Morgan fingerprint density at radius 2 is 0.905 bits per heavy atom. The maximum absolute atomic E-state index is 9.38. The van der Waals surface area contributed by atoms with Crippen LogP contribution >= 0.6 is 0 Å². The van der Waals surface area contributed by atoms with Crippen LogP contribution in [0.3, 0.4) is 0 Å². The molecule has 0 aliphatic heterocycles. The quantitative estimate of drug-likeness (QED) is 0.207. The molecule has 0 bridgehead atoms. The molecule has 2 heterocycles. The molecule has 2 nitrogen and oxygen atoms in total. The fourth-order valence-corrected chi connectivity index (χ4v) is 6.15. The zero-order valence-electron chi connectivity index (χ0n) is 30.1. The lowest BCUT2D eigenvalue weighted by molar-refractivity contribution is 0.612. The summed E-state index contributed by atoms with van der Waals surface area (Å²) >= 11 is 0. The van der Waals surface area contributed by atoms with Gasteiger partial charge < -0.3 is 8.83 Å². The van der Waals surface area contributed by atoms with Gasteiger partial charge in [-0.1, -0.05) is 127 Å². The van der Waals surface area contributed by atoms with Gasteiger partial charge in [0.05, 0.1) is 11.0 Å². The summed E-state index contributed by atoms with van der Waals surface area (Å²) in [4.78, 5) is 0. The van der Waals surface area contributed by atoms with E-state index in [9.17, 15) is 5.48 Å². The van der Waals surface area contributed by atoms with Crippen LogP contribution in [0.2, 0.25) is 0 Å². The van der Waals surface area contributed by atoms with Crippen molar-refractivity contribution in [1.29, 1.82) is 0 Å². The molecule has 9 rings (SSSR count). The van der Waals surface area contributed by atoms with Crippen LogP contribution in [0, 0.1) is 0 Å². The number of hydrogen-bond acceptors (Lipinski definition) is 2. The second-order valence-corrected chi connectivity index (χ2v) is 10.2. The SMILES string of the molecule is [2H]c1c([2H])c([2H])c2c(-c3c(-c4ccccc4)oc4c3ccc3c5ccccc5oc34)c3c([2H])c([2H])c([2H])c([2H])c3c(-c3ccccc3)c2c1[2H]. The molecule has 0 saturated carbocycles. The summed E-state index contributed by atoms with van der Waals surface area (Å²) in [7, 11) is 0. The second kappa shape index (κ2) is 8.95. The van der Waals surface area contributed by atoms with Gasteiger partial charge in [0.2, 0.25) is 0 Å². The van der Waals surface area contributed by atoms with Crippen LogP contribution in [0.25, 0.3) is 88.0 Å². The van der Waals surface area contributed by atoms with Crippen molar-refractivity contribution in [3.63, 3.8) is 0 Å². The predicted octanol–water partition coefficient (Wildman–Crippen LogP) is 11.6. The summed E-state index contributed by atoms with van der Waals surface area (Å²) in [5, 5.41) is 2.82. The van der Waals surface area contributed by atoms with Gasteiger partial charge in [-0.15, -0.1) is 0 Å². The third-order valence-electron chi connectivity index (χ3n) is 7.93. The summed E-state index contributed by atoms with van der Waals surface area (Å²) in [5.74, 6) is 0.364. The van der Waals surface area contributed by atoms with Gasteiger partial charge in [0.25, 0.3) is 0 Å². The summed E-state index contributed by atoms with van der Waals surface area (Å²) < 4.78 is 85.5. The van der Waals surface area contributed by atoms with Crippen molar-refractivity contribution >= 4 is 54.5 Å². The molecule has 0 aliphatic rings. The van der Waals surface area contributed by atoms with E-state index in [4.69, 9.17) is 14.3 Å². The predicted molar refractivity (Wildman–Crippen MR) is 175 cm³/mol. The van der Waals surface area contributed by atoms with Crippen molar-refractivity contribution in [1.82, 2.24) is 0 Å². The van der Waals surface area contributed by atoms with E-state index < -0.39 is 24.2 Å². The van der Waals surface area contributed by atoms with Gasteiger partial charge in [-0.25, -0.2) is 0 Å². The first-order valence-corrected chi connectivity index (χ1v) is 13.6. The van der Waals surface area contributed by atoms with Crippen LogP contribution in [-0.2, 0) is 0 Å². The summed E-state index contributed by atoms with van der Waals surface area (Å²) in [6.07, 6.45) is 0. The highest BCUT2D eigenvalue weighted by molar-refractivity contribution is 6.26. The molecule has 0 fully saturated rings. The Morgan fingerprint density at radius 3 is 1.57 bits per heavy atom. The van der Waals surface area contributed by atoms with E-state index >= 15 is 0 Å². The summed E-state index contributed by atoms with van der Waals surface area (Å²) in [6.45, 7) is 0. The maximum Gasteiger partial charge on any atom is 0.178 e. The lowest BCUT2D eigenvalue weighted by atomic mass is 9.84. The molecule has 9 aromatic rings. The molecule has 0 unspecified atom stereocenters. The largest absolute Gasteiger partial charge is 0.452 e. The zero-order chi connectivity index (χ0) is 34.6. The minimum atomic E-state index is -0.461. The van der Waals surface area contributed by atoms with E-state index in [1.807, 2.05) is 72.8 Å². The minimum absolute atomic E-state index is 0.122. The lowest BCUT2D eigenvalue weighted by Crippen LogP contribution is -1.91. The van der Waals surface area contributed by atoms with Gasteiger partial charge in [0.1, 0.15) is 11.3 Å². The van der Waals surface area contributed by atoms with Crippen LogP contribution in [0.4, 0.5) is 0 Å². The Balaban J connectivity index is 1.62. The third kappa shape index (κ3) is 3.27. The molecule has 196 valence electrons. The topological polar surface area (TPSA) is 26.3 Å². The lowest BCUT2D eigenvalue weighted by Gasteiger charge is -2.18. The third-order valence-corrected chi connectivity index (χ3v) is 7.93. The number of hydrogen-bond donors (Lipinski definition) is 0. The highest BCUT2D eigenvalue weighted by Crippen LogP contribution is 2.50. The Bertz CT molecular complexity index is 2810. The number of para-hydroxylation sites is 1. The van der Waals surface area contributed by atoms with Crippen LogP contribution in [-0.4, -0.2) is 0 Å². The highest BCUT2D eigenvalue weighted by Gasteiger charge is 2.26. The Labute approximate surface area is 253 Å². The molecule has 42 heavy (non-hydrogen) atoms. The standard InChI is InChI=1S/C40H24O2/c1-3-13-25(14-4-1)35-28-18-7-9-20-30(28)36(31-21-10-8-19-29(31)35)37-33-24-23-32-27-17-11-12-22-34(27)41-39(32)40(33)42-38(37)26-15-5-2-6-16-26/h1-24H/i7D,8D,9D,10D,18D,19D,20D,21D. The molecule has 7 aromatic carbocycles. The van der Waals surface area contributed by atoms with Gasteiger partial charge in [0.15, 0.2) is 11.2 Å². The van der Waals surface area contributed by atoms with Gasteiger partial charge in [0, 0.05) is 32.8 Å². The highest BCUT2D eigenvalue weighted by atomic mass is 16.4. The van der Waals surface area contributed by atoms with Crippen LogP contribution in [0.1, 0.15) is 11.0 Å². The molecule has 2 aromatic heterocycles. The number of fused-ring (bicyclic) bond motifs is 7. The van der Waals surface area contributed by atoms with Crippen LogP contribution in [0.5, 0.6) is 0 Å². The van der Waals surface area contributed by atoms with Gasteiger partial charge in [-0.05, 0) is 50.9 Å². The molecular weight excluding hydrogens is 512 g/mol. The Hall–Kier alpha value is -5.60. The molecule has 2 heteroatoms. The van der Waals surface area contributed by atoms with E-state index in [0.717, 1.165) is 10.8 Å². The van der Waals surface area contributed by atoms with E-state index in [1.165, 1.54) is 0 Å². The normalized spacial score (nSPS) is 14.5. The van der Waals surface area contributed by atoms with E-state index in [1.54, 1.807) is 24.3 Å². The molecule has 0 radical (unpaired) electrons. The van der Waals surface area contributed by atoms with E-state index in [0.29, 0.717) is 50.1 Å². The van der Waals surface area contributed by atoms with Crippen molar-refractivity contribution < 1.29 is 19.8 Å². The van der Waals surface area contributed by atoms with Crippen molar-refractivity contribution in [3.8, 4) is 33.6 Å². The van der Waals surface area contributed by atoms with Crippen LogP contribution < -0.4 is 0 Å². The molecule has 0 aliphatic carbocycles.